The Labute approximate surface area is 104 Å². The van der Waals surface area contributed by atoms with E-state index in [9.17, 15) is 0 Å². The Morgan fingerprint density at radius 3 is 3.24 bits per heavy atom. The number of aryl methyl sites for hydroxylation is 1. The van der Waals surface area contributed by atoms with Crippen LogP contribution in [0.3, 0.4) is 0 Å². The van der Waals surface area contributed by atoms with E-state index in [1.807, 2.05) is 6.92 Å². The Kier molecular flexibility index (Phi) is 4.27. The summed E-state index contributed by atoms with van der Waals surface area (Å²) >= 11 is 1.36. The van der Waals surface area contributed by atoms with Crippen LogP contribution in [0.4, 0.5) is 0 Å². The number of rotatable bonds is 4. The van der Waals surface area contributed by atoms with Gasteiger partial charge in [-0.3, -0.25) is 0 Å². The van der Waals surface area contributed by atoms with E-state index in [1.165, 1.54) is 11.5 Å². The molecule has 1 aromatic rings. The Bertz CT molecular complexity index is 386. The minimum Gasteiger partial charge on any atom is -0.376 e. The summed E-state index contributed by atoms with van der Waals surface area (Å²) in [7, 11) is 0. The van der Waals surface area contributed by atoms with Crippen LogP contribution in [0.15, 0.2) is 4.99 Å². The van der Waals surface area contributed by atoms with E-state index >= 15 is 0 Å². The monoisotopic (exact) mass is 255 g/mol. The first kappa shape index (κ1) is 12.3. The van der Waals surface area contributed by atoms with Gasteiger partial charge in [0.15, 0.2) is 5.96 Å². The van der Waals surface area contributed by atoms with Crippen molar-refractivity contribution in [2.75, 3.05) is 13.2 Å². The maximum absolute atomic E-state index is 5.77. The highest BCUT2D eigenvalue weighted by atomic mass is 32.1. The molecule has 1 aromatic heterocycles. The molecule has 0 spiro atoms. The van der Waals surface area contributed by atoms with E-state index < -0.39 is 0 Å². The molecule has 7 heteroatoms. The molecule has 3 N–H and O–H groups in total. The summed E-state index contributed by atoms with van der Waals surface area (Å²) in [6.45, 7) is 4.04. The van der Waals surface area contributed by atoms with E-state index in [2.05, 4.69) is 19.9 Å². The molecular weight excluding hydrogens is 238 g/mol. The molecule has 0 aromatic carbocycles. The lowest BCUT2D eigenvalue weighted by atomic mass is 10.2. The van der Waals surface area contributed by atoms with Gasteiger partial charge >= 0.3 is 0 Å². The van der Waals surface area contributed by atoms with Crippen LogP contribution in [0.2, 0.25) is 0 Å². The van der Waals surface area contributed by atoms with Crippen molar-refractivity contribution in [2.45, 2.75) is 32.4 Å². The fourth-order valence-corrected chi connectivity index (χ4v) is 2.19. The van der Waals surface area contributed by atoms with Crippen LogP contribution in [0.5, 0.6) is 0 Å². The van der Waals surface area contributed by atoms with Crippen molar-refractivity contribution in [3.05, 3.63) is 10.6 Å². The average Bonchev–Trinajstić information content (AvgIpc) is 2.95. The van der Waals surface area contributed by atoms with Crippen LogP contribution in [-0.4, -0.2) is 34.8 Å². The fraction of sp³-hybridized carbons (Fsp3) is 0.700. The Morgan fingerprint density at radius 1 is 1.71 bits per heavy atom. The molecule has 2 rings (SSSR count). The number of aromatic nitrogens is 2. The van der Waals surface area contributed by atoms with Gasteiger partial charge in [0.05, 0.1) is 23.2 Å². The van der Waals surface area contributed by atoms with Crippen LogP contribution in [0.1, 0.15) is 23.4 Å². The largest absolute Gasteiger partial charge is 0.376 e. The van der Waals surface area contributed by atoms with Gasteiger partial charge in [0, 0.05) is 13.2 Å². The van der Waals surface area contributed by atoms with Gasteiger partial charge in [0.2, 0.25) is 0 Å². The van der Waals surface area contributed by atoms with Crippen LogP contribution in [0.25, 0.3) is 0 Å². The quantitative estimate of drug-likeness (QED) is 0.602. The molecule has 1 aliphatic rings. The number of nitrogens with one attached hydrogen (secondary N) is 1. The third-order valence-electron chi connectivity index (χ3n) is 2.67. The lowest BCUT2D eigenvalue weighted by Crippen LogP contribution is -2.37. The van der Waals surface area contributed by atoms with Crippen molar-refractivity contribution in [1.29, 1.82) is 0 Å². The number of hydrogen-bond donors (Lipinski definition) is 2. The standard InChI is InChI=1S/C10H17N5OS/c1-7-9(17-15-14-7)6-13-10(11)12-5-8-3-2-4-16-8/h8H,2-6H2,1H3,(H3,11,12,13). The first-order valence-electron chi connectivity index (χ1n) is 5.69. The van der Waals surface area contributed by atoms with E-state index in [0.29, 0.717) is 12.5 Å². The third-order valence-corrected chi connectivity index (χ3v) is 3.48. The molecule has 1 saturated heterocycles. The zero-order valence-corrected chi connectivity index (χ0v) is 10.7. The predicted molar refractivity (Wildman–Crippen MR) is 66.9 cm³/mol. The summed E-state index contributed by atoms with van der Waals surface area (Å²) < 4.78 is 9.33. The van der Waals surface area contributed by atoms with Gasteiger partial charge < -0.3 is 15.8 Å². The van der Waals surface area contributed by atoms with Crippen molar-refractivity contribution < 1.29 is 4.74 Å². The minimum absolute atomic E-state index is 0.274. The number of nitrogens with two attached hydrogens (primary N) is 1. The van der Waals surface area contributed by atoms with Crippen LogP contribution < -0.4 is 11.1 Å². The van der Waals surface area contributed by atoms with Gasteiger partial charge in [-0.05, 0) is 31.3 Å². The summed E-state index contributed by atoms with van der Waals surface area (Å²) in [5, 5.41) is 6.99. The summed E-state index contributed by atoms with van der Waals surface area (Å²) in [5.41, 5.74) is 6.69. The average molecular weight is 255 g/mol. The highest BCUT2D eigenvalue weighted by molar-refractivity contribution is 7.05. The second-order valence-corrected chi connectivity index (χ2v) is 4.84. The maximum Gasteiger partial charge on any atom is 0.189 e. The molecular formula is C10H17N5OS. The van der Waals surface area contributed by atoms with Crippen molar-refractivity contribution in [1.82, 2.24) is 14.9 Å². The molecule has 0 radical (unpaired) electrons. The molecule has 6 nitrogen and oxygen atoms in total. The minimum atomic E-state index is 0.274. The lowest BCUT2D eigenvalue weighted by Gasteiger charge is -2.10. The van der Waals surface area contributed by atoms with Gasteiger partial charge in [-0.1, -0.05) is 4.49 Å². The summed E-state index contributed by atoms with van der Waals surface area (Å²) in [6.07, 6.45) is 2.50. The predicted octanol–water partition coefficient (Wildman–Crippen LogP) is 0.430. The van der Waals surface area contributed by atoms with Gasteiger partial charge in [-0.25, -0.2) is 4.99 Å². The number of aliphatic imine (C=N–C) groups is 1. The maximum atomic E-state index is 5.77. The summed E-state index contributed by atoms with van der Waals surface area (Å²) in [4.78, 5) is 5.29. The van der Waals surface area contributed by atoms with Gasteiger partial charge in [0.1, 0.15) is 0 Å². The van der Waals surface area contributed by atoms with Crippen molar-refractivity contribution in [3.8, 4) is 0 Å². The Balaban J connectivity index is 1.75. The topological polar surface area (TPSA) is 85.4 Å². The number of nitrogens with zero attached hydrogens (tertiary/aromatic N) is 3. The van der Waals surface area contributed by atoms with E-state index in [-0.39, 0.29) is 6.10 Å². The molecule has 0 saturated carbocycles. The molecule has 94 valence electrons. The number of ether oxygens (including phenoxy) is 1. The zero-order valence-electron chi connectivity index (χ0n) is 9.85. The van der Waals surface area contributed by atoms with Crippen molar-refractivity contribution >= 4 is 17.5 Å². The smallest absolute Gasteiger partial charge is 0.189 e. The molecule has 0 bridgehead atoms. The van der Waals surface area contributed by atoms with Crippen LogP contribution in [-0.2, 0) is 11.3 Å². The fourth-order valence-electron chi connectivity index (χ4n) is 1.63. The van der Waals surface area contributed by atoms with E-state index in [0.717, 1.165) is 36.6 Å². The Morgan fingerprint density at radius 2 is 2.59 bits per heavy atom. The first-order chi connectivity index (χ1) is 8.25. The SMILES string of the molecule is Cc1nnsc1CN=C(N)NCC1CCCO1. The Hall–Kier alpha value is -1.21. The normalized spacial score (nSPS) is 20.8. The zero-order chi connectivity index (χ0) is 12.1. The molecule has 0 amide bonds. The molecule has 1 atom stereocenters. The van der Waals surface area contributed by atoms with Gasteiger partial charge in [0.25, 0.3) is 0 Å². The van der Waals surface area contributed by atoms with Crippen molar-refractivity contribution in [2.24, 2.45) is 10.7 Å². The van der Waals surface area contributed by atoms with E-state index in [4.69, 9.17) is 10.5 Å². The highest BCUT2D eigenvalue weighted by Crippen LogP contribution is 2.11. The van der Waals surface area contributed by atoms with Gasteiger partial charge in [-0.15, -0.1) is 5.10 Å². The second kappa shape index (κ2) is 5.92. The van der Waals surface area contributed by atoms with Gasteiger partial charge in [-0.2, -0.15) is 0 Å². The molecule has 2 heterocycles. The highest BCUT2D eigenvalue weighted by Gasteiger charge is 2.14. The van der Waals surface area contributed by atoms with Crippen LogP contribution >= 0.6 is 11.5 Å². The van der Waals surface area contributed by atoms with Crippen molar-refractivity contribution in [3.63, 3.8) is 0 Å². The summed E-state index contributed by atoms with van der Waals surface area (Å²) in [6, 6.07) is 0. The molecule has 17 heavy (non-hydrogen) atoms. The molecule has 0 aliphatic carbocycles. The third kappa shape index (κ3) is 3.64. The lowest BCUT2D eigenvalue weighted by molar-refractivity contribution is 0.114. The van der Waals surface area contributed by atoms with Crippen LogP contribution in [0, 0.1) is 6.92 Å². The number of hydrogen-bond acceptors (Lipinski definition) is 5. The van der Waals surface area contributed by atoms with E-state index in [1.54, 1.807) is 0 Å². The molecule has 1 fully saturated rings. The first-order valence-corrected chi connectivity index (χ1v) is 6.46. The summed E-state index contributed by atoms with van der Waals surface area (Å²) in [5.74, 6) is 0.452. The molecule has 1 aliphatic heterocycles. The molecule has 1 unspecified atom stereocenters. The second-order valence-electron chi connectivity index (χ2n) is 4.00. The number of guanidine groups is 1.